The summed E-state index contributed by atoms with van der Waals surface area (Å²) in [5.74, 6) is 0.461. The van der Waals surface area contributed by atoms with E-state index >= 15 is 0 Å². The molecule has 0 aromatic rings. The second kappa shape index (κ2) is 6.86. The molecule has 1 aliphatic heterocycles. The van der Waals surface area contributed by atoms with Gasteiger partial charge < -0.3 is 16.0 Å². The fraction of sp³-hybridized carbons (Fsp3) is 0.917. The smallest absolute Gasteiger partial charge is 0.225 e. The van der Waals surface area contributed by atoms with Crippen molar-refractivity contribution in [3.05, 3.63) is 0 Å². The minimum Gasteiger partial charge on any atom is -0.340 e. The summed E-state index contributed by atoms with van der Waals surface area (Å²) in [5, 5.41) is 3.26. The average molecular weight is 227 g/mol. The zero-order valence-corrected chi connectivity index (χ0v) is 10.5. The summed E-state index contributed by atoms with van der Waals surface area (Å²) < 4.78 is 0. The van der Waals surface area contributed by atoms with Crippen LogP contribution in [0.25, 0.3) is 0 Å². The summed E-state index contributed by atoms with van der Waals surface area (Å²) in [6, 6.07) is 0.251. The van der Waals surface area contributed by atoms with Gasteiger partial charge in [-0.3, -0.25) is 4.79 Å². The number of hydrogen-bond donors (Lipinski definition) is 2. The van der Waals surface area contributed by atoms with E-state index < -0.39 is 0 Å². The van der Waals surface area contributed by atoms with Crippen molar-refractivity contribution in [1.82, 2.24) is 10.2 Å². The van der Waals surface area contributed by atoms with E-state index in [0.29, 0.717) is 5.91 Å². The van der Waals surface area contributed by atoms with Crippen LogP contribution in [0.5, 0.6) is 0 Å². The summed E-state index contributed by atoms with van der Waals surface area (Å²) in [6.07, 6.45) is 3.03. The van der Waals surface area contributed by atoms with E-state index in [1.54, 1.807) is 0 Å². The van der Waals surface area contributed by atoms with E-state index in [-0.39, 0.29) is 12.0 Å². The Balaban J connectivity index is 2.23. The predicted octanol–water partition coefficient (Wildman–Crippen LogP) is 0.572. The maximum Gasteiger partial charge on any atom is 0.225 e. The van der Waals surface area contributed by atoms with Crippen LogP contribution in [0.1, 0.15) is 33.1 Å². The second-order valence-corrected chi connectivity index (χ2v) is 4.88. The standard InChI is InChI=1S/C12H25N3O/c1-10(4-3-5-11(2)13)12(16)15-8-6-14-7-9-15/h10-11,14H,3-9,13H2,1-2H3. The van der Waals surface area contributed by atoms with E-state index in [4.69, 9.17) is 5.73 Å². The normalized spacial score (nSPS) is 20.6. The molecule has 0 saturated carbocycles. The Morgan fingerprint density at radius 2 is 1.94 bits per heavy atom. The number of nitrogens with one attached hydrogen (secondary N) is 1. The SMILES string of the molecule is CC(N)CCCC(C)C(=O)N1CCNCC1. The molecule has 1 aliphatic rings. The Labute approximate surface area is 98.6 Å². The number of hydrogen-bond acceptors (Lipinski definition) is 3. The molecule has 16 heavy (non-hydrogen) atoms. The fourth-order valence-corrected chi connectivity index (χ4v) is 2.07. The van der Waals surface area contributed by atoms with Gasteiger partial charge in [0.15, 0.2) is 0 Å². The van der Waals surface area contributed by atoms with Gasteiger partial charge in [-0.05, 0) is 19.8 Å². The van der Waals surface area contributed by atoms with E-state index in [2.05, 4.69) is 5.32 Å². The lowest BCUT2D eigenvalue weighted by atomic mass is 10.0. The van der Waals surface area contributed by atoms with Gasteiger partial charge in [0.2, 0.25) is 5.91 Å². The Morgan fingerprint density at radius 1 is 1.31 bits per heavy atom. The van der Waals surface area contributed by atoms with Crippen molar-refractivity contribution < 1.29 is 4.79 Å². The first-order valence-corrected chi connectivity index (χ1v) is 6.36. The molecule has 2 atom stereocenters. The molecule has 2 unspecified atom stereocenters. The van der Waals surface area contributed by atoms with Gasteiger partial charge in [-0.25, -0.2) is 0 Å². The minimum atomic E-state index is 0.150. The molecule has 1 heterocycles. The van der Waals surface area contributed by atoms with Crippen LogP contribution < -0.4 is 11.1 Å². The minimum absolute atomic E-state index is 0.150. The number of nitrogens with zero attached hydrogens (tertiary/aromatic N) is 1. The highest BCUT2D eigenvalue weighted by Crippen LogP contribution is 2.12. The highest BCUT2D eigenvalue weighted by Gasteiger charge is 2.21. The van der Waals surface area contributed by atoms with Crippen LogP contribution in [0, 0.1) is 5.92 Å². The second-order valence-electron chi connectivity index (χ2n) is 4.88. The molecule has 1 rings (SSSR count). The maximum atomic E-state index is 12.0. The predicted molar refractivity (Wildman–Crippen MR) is 66.1 cm³/mol. The monoisotopic (exact) mass is 227 g/mol. The summed E-state index contributed by atoms with van der Waals surface area (Å²) >= 11 is 0. The van der Waals surface area contributed by atoms with Crippen LogP contribution >= 0.6 is 0 Å². The summed E-state index contributed by atoms with van der Waals surface area (Å²) in [7, 11) is 0. The fourth-order valence-electron chi connectivity index (χ4n) is 2.07. The van der Waals surface area contributed by atoms with E-state index in [1.165, 1.54) is 0 Å². The average Bonchev–Trinajstić information content (AvgIpc) is 2.28. The van der Waals surface area contributed by atoms with E-state index in [9.17, 15) is 4.79 Å². The molecular weight excluding hydrogens is 202 g/mol. The summed E-state index contributed by atoms with van der Waals surface area (Å²) in [5.41, 5.74) is 5.69. The van der Waals surface area contributed by atoms with Gasteiger partial charge in [-0.2, -0.15) is 0 Å². The van der Waals surface area contributed by atoms with Crippen LogP contribution in [0.15, 0.2) is 0 Å². The van der Waals surface area contributed by atoms with Gasteiger partial charge in [-0.1, -0.05) is 13.3 Å². The molecule has 1 saturated heterocycles. The third-order valence-corrected chi connectivity index (χ3v) is 3.15. The van der Waals surface area contributed by atoms with Gasteiger partial charge in [-0.15, -0.1) is 0 Å². The molecule has 0 spiro atoms. The first kappa shape index (κ1) is 13.5. The lowest BCUT2D eigenvalue weighted by Crippen LogP contribution is -2.48. The molecule has 0 aromatic carbocycles. The Bertz CT molecular complexity index is 212. The lowest BCUT2D eigenvalue weighted by Gasteiger charge is -2.29. The van der Waals surface area contributed by atoms with Crippen LogP contribution in [0.4, 0.5) is 0 Å². The van der Waals surface area contributed by atoms with Crippen molar-refractivity contribution >= 4 is 5.91 Å². The number of piperazine rings is 1. The molecule has 4 nitrogen and oxygen atoms in total. The first-order valence-electron chi connectivity index (χ1n) is 6.36. The van der Waals surface area contributed by atoms with Gasteiger partial charge >= 0.3 is 0 Å². The third kappa shape index (κ3) is 4.49. The van der Waals surface area contributed by atoms with Crippen molar-refractivity contribution in [3.63, 3.8) is 0 Å². The van der Waals surface area contributed by atoms with Gasteiger partial charge in [0.05, 0.1) is 0 Å². The molecule has 94 valence electrons. The van der Waals surface area contributed by atoms with Crippen LogP contribution in [-0.4, -0.2) is 43.0 Å². The summed E-state index contributed by atoms with van der Waals surface area (Å²) in [4.78, 5) is 14.0. The quantitative estimate of drug-likeness (QED) is 0.722. The molecule has 4 heteroatoms. The van der Waals surface area contributed by atoms with Crippen molar-refractivity contribution in [2.24, 2.45) is 11.7 Å². The molecule has 0 bridgehead atoms. The Kier molecular flexibility index (Phi) is 5.77. The number of nitrogens with two attached hydrogens (primary N) is 1. The van der Waals surface area contributed by atoms with Crippen LogP contribution in [0.3, 0.4) is 0 Å². The first-order chi connectivity index (χ1) is 7.61. The number of rotatable bonds is 5. The van der Waals surface area contributed by atoms with Gasteiger partial charge in [0.25, 0.3) is 0 Å². The third-order valence-electron chi connectivity index (χ3n) is 3.15. The number of carbonyl (C=O) groups is 1. The maximum absolute atomic E-state index is 12.0. The topological polar surface area (TPSA) is 58.4 Å². The molecule has 0 radical (unpaired) electrons. The molecule has 0 aliphatic carbocycles. The summed E-state index contributed by atoms with van der Waals surface area (Å²) in [6.45, 7) is 7.62. The molecule has 1 fully saturated rings. The number of carbonyl (C=O) groups excluding carboxylic acids is 1. The van der Waals surface area contributed by atoms with Crippen molar-refractivity contribution in [2.75, 3.05) is 26.2 Å². The molecule has 3 N–H and O–H groups in total. The van der Waals surface area contributed by atoms with Crippen LogP contribution in [-0.2, 0) is 4.79 Å². The highest BCUT2D eigenvalue weighted by atomic mass is 16.2. The zero-order chi connectivity index (χ0) is 12.0. The molecular formula is C12H25N3O. The lowest BCUT2D eigenvalue weighted by molar-refractivity contribution is -0.135. The van der Waals surface area contributed by atoms with Gasteiger partial charge in [0.1, 0.15) is 0 Å². The van der Waals surface area contributed by atoms with E-state index in [1.807, 2.05) is 18.7 Å². The van der Waals surface area contributed by atoms with Crippen molar-refractivity contribution in [3.8, 4) is 0 Å². The van der Waals surface area contributed by atoms with E-state index in [0.717, 1.165) is 45.4 Å². The highest BCUT2D eigenvalue weighted by molar-refractivity contribution is 5.78. The molecule has 0 aromatic heterocycles. The largest absolute Gasteiger partial charge is 0.340 e. The zero-order valence-electron chi connectivity index (χ0n) is 10.5. The molecule has 1 amide bonds. The Morgan fingerprint density at radius 3 is 2.50 bits per heavy atom. The van der Waals surface area contributed by atoms with Crippen molar-refractivity contribution in [2.45, 2.75) is 39.2 Å². The van der Waals surface area contributed by atoms with Crippen molar-refractivity contribution in [1.29, 1.82) is 0 Å². The van der Waals surface area contributed by atoms with Gasteiger partial charge in [0, 0.05) is 38.1 Å². The number of amides is 1. The van der Waals surface area contributed by atoms with Crippen LogP contribution in [0.2, 0.25) is 0 Å². The Hall–Kier alpha value is -0.610.